The van der Waals surface area contributed by atoms with Gasteiger partial charge < -0.3 is 5.32 Å². The average molecular weight is 357 g/mol. The molecule has 0 atom stereocenters. The number of rotatable bonds is 4. The van der Waals surface area contributed by atoms with E-state index in [0.29, 0.717) is 18.7 Å². The van der Waals surface area contributed by atoms with Gasteiger partial charge in [-0.2, -0.15) is 10.4 Å². The molecule has 3 heterocycles. The number of hydrogen-bond donors (Lipinski definition) is 1. The summed E-state index contributed by atoms with van der Waals surface area (Å²) in [6.07, 6.45) is 4.28. The molecule has 1 aliphatic heterocycles. The van der Waals surface area contributed by atoms with Crippen LogP contribution in [0.25, 0.3) is 22.6 Å². The third-order valence-corrected chi connectivity index (χ3v) is 4.48. The molecule has 0 fully saturated rings. The van der Waals surface area contributed by atoms with Crippen LogP contribution >= 0.6 is 0 Å². The summed E-state index contributed by atoms with van der Waals surface area (Å²) >= 11 is 0. The van der Waals surface area contributed by atoms with E-state index in [1.165, 1.54) is 12.1 Å². The van der Waals surface area contributed by atoms with Gasteiger partial charge in [0.05, 0.1) is 46.5 Å². The molecular formula is C21H16FN5. The van der Waals surface area contributed by atoms with Gasteiger partial charge in [-0.1, -0.05) is 18.7 Å². The first kappa shape index (κ1) is 16.7. The highest BCUT2D eigenvalue weighted by atomic mass is 19.1. The number of nitrogens with zero attached hydrogens (tertiary/aromatic N) is 4. The first-order chi connectivity index (χ1) is 13.1. The van der Waals surface area contributed by atoms with Crippen molar-refractivity contribution in [1.29, 1.82) is 5.26 Å². The molecule has 1 N–H and O–H groups in total. The molecule has 3 aromatic rings. The number of pyridine rings is 1. The first-order valence-corrected chi connectivity index (χ1v) is 8.44. The minimum atomic E-state index is -0.481. The summed E-state index contributed by atoms with van der Waals surface area (Å²) in [4.78, 5) is 4.60. The maximum Gasteiger partial charge on any atom is 0.133 e. The normalized spacial score (nSPS) is 12.4. The minimum absolute atomic E-state index is 0.194. The van der Waals surface area contributed by atoms with E-state index in [9.17, 15) is 9.65 Å². The lowest BCUT2D eigenvalue weighted by atomic mass is 10.0. The molecule has 0 saturated carbocycles. The molecular weight excluding hydrogens is 341 g/mol. The molecule has 0 radical (unpaired) electrons. The molecule has 0 bridgehead atoms. The van der Waals surface area contributed by atoms with Crippen LogP contribution in [0, 0.1) is 17.1 Å². The van der Waals surface area contributed by atoms with E-state index in [1.807, 2.05) is 18.3 Å². The Balaban J connectivity index is 1.96. The Morgan fingerprint density at radius 2 is 2.19 bits per heavy atom. The highest BCUT2D eigenvalue weighted by molar-refractivity contribution is 5.79. The molecule has 1 aliphatic rings. The summed E-state index contributed by atoms with van der Waals surface area (Å²) in [6.45, 7) is 8.27. The molecule has 0 aliphatic carbocycles. The zero-order valence-corrected chi connectivity index (χ0v) is 14.5. The largest absolute Gasteiger partial charge is 0.379 e. The Morgan fingerprint density at radius 3 is 2.96 bits per heavy atom. The second-order valence-electron chi connectivity index (χ2n) is 6.20. The van der Waals surface area contributed by atoms with Crippen molar-refractivity contribution in [3.8, 4) is 23.0 Å². The second kappa shape index (κ2) is 6.54. The number of nitriles is 1. The molecule has 0 unspecified atom stereocenters. The Kier molecular flexibility index (Phi) is 4.05. The minimum Gasteiger partial charge on any atom is -0.379 e. The fraction of sp³-hybridized carbons (Fsp3) is 0.0952. The first-order valence-electron chi connectivity index (χ1n) is 8.44. The summed E-state index contributed by atoms with van der Waals surface area (Å²) in [6, 6.07) is 10.1. The monoisotopic (exact) mass is 357 g/mol. The van der Waals surface area contributed by atoms with E-state index in [2.05, 4.69) is 28.6 Å². The van der Waals surface area contributed by atoms with Crippen LogP contribution in [0.4, 0.5) is 4.39 Å². The Bertz CT molecular complexity index is 1120. The number of aromatic nitrogens is 3. The van der Waals surface area contributed by atoms with E-state index < -0.39 is 5.82 Å². The number of benzene rings is 1. The number of halogens is 1. The van der Waals surface area contributed by atoms with Crippen LogP contribution in [-0.4, -0.2) is 14.8 Å². The van der Waals surface area contributed by atoms with Crippen LogP contribution in [0.3, 0.4) is 0 Å². The van der Waals surface area contributed by atoms with Crippen LogP contribution in [0.2, 0.25) is 0 Å². The van der Waals surface area contributed by atoms with Crippen LogP contribution < -0.4 is 5.32 Å². The smallest absolute Gasteiger partial charge is 0.133 e. The Labute approximate surface area is 156 Å². The van der Waals surface area contributed by atoms with E-state index in [-0.39, 0.29) is 11.1 Å². The molecule has 0 saturated heterocycles. The van der Waals surface area contributed by atoms with Crippen molar-refractivity contribution in [1.82, 2.24) is 20.1 Å². The number of nitrogens with one attached hydrogen (secondary N) is 1. The van der Waals surface area contributed by atoms with Gasteiger partial charge in [-0.15, -0.1) is 6.58 Å². The third-order valence-electron chi connectivity index (χ3n) is 4.48. The molecule has 2 aromatic heterocycles. The summed E-state index contributed by atoms with van der Waals surface area (Å²) in [7, 11) is 0. The summed E-state index contributed by atoms with van der Waals surface area (Å²) in [5, 5.41) is 17.1. The predicted molar refractivity (Wildman–Crippen MR) is 101 cm³/mol. The number of fused-ring (bicyclic) bond motifs is 1. The molecule has 0 spiro atoms. The molecule has 5 nitrogen and oxygen atoms in total. The van der Waals surface area contributed by atoms with Gasteiger partial charge in [0.25, 0.3) is 0 Å². The third kappa shape index (κ3) is 2.79. The fourth-order valence-electron chi connectivity index (χ4n) is 3.26. The zero-order valence-electron chi connectivity index (χ0n) is 14.5. The maximum atomic E-state index is 14.5. The van der Waals surface area contributed by atoms with Gasteiger partial charge in [-0.25, -0.2) is 14.1 Å². The Morgan fingerprint density at radius 1 is 1.33 bits per heavy atom. The van der Waals surface area contributed by atoms with E-state index in [1.54, 1.807) is 22.9 Å². The maximum absolute atomic E-state index is 14.5. The van der Waals surface area contributed by atoms with Crippen LogP contribution in [0.5, 0.6) is 0 Å². The number of hydrogen-bond acceptors (Lipinski definition) is 4. The highest BCUT2D eigenvalue weighted by Crippen LogP contribution is 2.34. The van der Waals surface area contributed by atoms with Gasteiger partial charge >= 0.3 is 0 Å². The van der Waals surface area contributed by atoms with Crippen LogP contribution in [-0.2, 0) is 13.0 Å². The van der Waals surface area contributed by atoms with Crippen molar-refractivity contribution in [2.45, 2.75) is 13.0 Å². The van der Waals surface area contributed by atoms with E-state index >= 15 is 0 Å². The van der Waals surface area contributed by atoms with Crippen molar-refractivity contribution in [3.05, 3.63) is 84.1 Å². The van der Waals surface area contributed by atoms with Crippen molar-refractivity contribution >= 4 is 5.70 Å². The summed E-state index contributed by atoms with van der Waals surface area (Å²) in [5.74, 6) is -0.481. The average Bonchev–Trinajstić information content (AvgIpc) is 3.28. The van der Waals surface area contributed by atoms with E-state index in [0.717, 1.165) is 28.3 Å². The lowest BCUT2D eigenvalue weighted by molar-refractivity contribution is 0.630. The number of allylic oxidation sites excluding steroid dienone is 1. The Hall–Kier alpha value is -3.72. The van der Waals surface area contributed by atoms with Crippen LogP contribution in [0.15, 0.2) is 55.8 Å². The quantitative estimate of drug-likeness (QED) is 0.722. The van der Waals surface area contributed by atoms with Gasteiger partial charge in [-0.3, -0.25) is 0 Å². The second-order valence-corrected chi connectivity index (χ2v) is 6.20. The van der Waals surface area contributed by atoms with Crippen molar-refractivity contribution in [3.63, 3.8) is 0 Å². The van der Waals surface area contributed by atoms with Gasteiger partial charge in [0, 0.05) is 23.9 Å². The van der Waals surface area contributed by atoms with Crippen molar-refractivity contribution in [2.75, 3.05) is 0 Å². The molecule has 132 valence electrons. The molecule has 4 rings (SSSR count). The standard InChI is InChI=1S/C21H16FN5/c1-3-5-15-8-9-27(26-15)19-10-17(25-18-12-24-13(2)20(18)19)21-14(11-23)6-4-7-16(21)22/h3-4,6-10,24H,1-2,5,12H2. The van der Waals surface area contributed by atoms with Crippen molar-refractivity contribution in [2.24, 2.45) is 0 Å². The summed E-state index contributed by atoms with van der Waals surface area (Å²) in [5.41, 5.74) is 4.79. The summed E-state index contributed by atoms with van der Waals surface area (Å²) < 4.78 is 16.3. The molecule has 27 heavy (non-hydrogen) atoms. The molecule has 6 heteroatoms. The predicted octanol–water partition coefficient (Wildman–Crippen LogP) is 3.75. The lowest BCUT2D eigenvalue weighted by Crippen LogP contribution is -2.05. The van der Waals surface area contributed by atoms with Gasteiger partial charge in [0.2, 0.25) is 0 Å². The van der Waals surface area contributed by atoms with E-state index in [4.69, 9.17) is 0 Å². The van der Waals surface area contributed by atoms with Crippen molar-refractivity contribution < 1.29 is 4.39 Å². The van der Waals surface area contributed by atoms with Gasteiger partial charge in [0.1, 0.15) is 5.82 Å². The topological polar surface area (TPSA) is 66.5 Å². The van der Waals surface area contributed by atoms with Gasteiger partial charge in [-0.05, 0) is 24.3 Å². The SMILES string of the molecule is C=CCc1ccn(-c2cc(-c3c(F)cccc3C#N)nc3c2C(=C)NC3)n1. The van der Waals surface area contributed by atoms with Crippen LogP contribution in [0.1, 0.15) is 22.5 Å². The fourth-order valence-corrected chi connectivity index (χ4v) is 3.26. The highest BCUT2D eigenvalue weighted by Gasteiger charge is 2.24. The lowest BCUT2D eigenvalue weighted by Gasteiger charge is -2.12. The molecule has 1 aromatic carbocycles. The van der Waals surface area contributed by atoms with Gasteiger partial charge in [0.15, 0.2) is 0 Å². The zero-order chi connectivity index (χ0) is 19.0. The molecule has 0 amide bonds.